The molecular formula is C18H23Li. The molecule has 0 nitrogen and oxygen atoms in total. The minimum atomic E-state index is 0. The summed E-state index contributed by atoms with van der Waals surface area (Å²) in [5, 5.41) is 0. The summed E-state index contributed by atoms with van der Waals surface area (Å²) in [6.07, 6.45) is 2.47. The molecule has 0 N–H and O–H groups in total. The maximum atomic E-state index is 2.35. The van der Waals surface area contributed by atoms with Gasteiger partial charge in [-0.05, 0) is 23.5 Å². The molecule has 0 spiro atoms. The van der Waals surface area contributed by atoms with Crippen LogP contribution in [0.2, 0.25) is 0 Å². The van der Waals surface area contributed by atoms with E-state index in [2.05, 4.69) is 74.5 Å². The van der Waals surface area contributed by atoms with Crippen LogP contribution in [0.1, 0.15) is 45.2 Å². The van der Waals surface area contributed by atoms with Gasteiger partial charge in [0.2, 0.25) is 0 Å². The van der Waals surface area contributed by atoms with E-state index in [1.54, 1.807) is 0 Å². The van der Waals surface area contributed by atoms with Crippen molar-refractivity contribution in [2.45, 2.75) is 32.6 Å². The Morgan fingerprint density at radius 3 is 1.63 bits per heavy atom. The molecule has 0 aliphatic carbocycles. The van der Waals surface area contributed by atoms with Gasteiger partial charge in [0.05, 0.1) is 0 Å². The van der Waals surface area contributed by atoms with Crippen molar-refractivity contribution >= 4 is 0 Å². The molecule has 0 fully saturated rings. The van der Waals surface area contributed by atoms with Crippen LogP contribution in [-0.2, 0) is 0 Å². The van der Waals surface area contributed by atoms with Gasteiger partial charge in [-0.25, -0.2) is 0 Å². The van der Waals surface area contributed by atoms with E-state index in [1.165, 1.54) is 24.0 Å². The molecule has 1 heteroatoms. The van der Waals surface area contributed by atoms with Gasteiger partial charge in [0, 0.05) is 5.92 Å². The van der Waals surface area contributed by atoms with Crippen molar-refractivity contribution in [1.29, 1.82) is 0 Å². The van der Waals surface area contributed by atoms with E-state index in [0.717, 1.165) is 5.92 Å². The number of hydrogen-bond acceptors (Lipinski definition) is 0. The van der Waals surface area contributed by atoms with E-state index in [4.69, 9.17) is 0 Å². The van der Waals surface area contributed by atoms with Crippen LogP contribution in [0, 0.1) is 5.92 Å². The molecule has 2 rings (SSSR count). The molecule has 1 unspecified atom stereocenters. The Balaban J connectivity index is 0.00000180. The first-order valence-electron chi connectivity index (χ1n) is 6.91. The Kier molecular flexibility index (Phi) is 6.99. The smallest absolute Gasteiger partial charge is 1.00 e. The summed E-state index contributed by atoms with van der Waals surface area (Å²) < 4.78 is 0. The quantitative estimate of drug-likeness (QED) is 0.711. The Labute approximate surface area is 130 Å². The van der Waals surface area contributed by atoms with Crippen LogP contribution in [0.5, 0.6) is 0 Å². The Morgan fingerprint density at radius 1 is 0.842 bits per heavy atom. The van der Waals surface area contributed by atoms with E-state index >= 15 is 0 Å². The molecule has 0 amide bonds. The summed E-state index contributed by atoms with van der Waals surface area (Å²) >= 11 is 0. The van der Waals surface area contributed by atoms with Crippen molar-refractivity contribution in [3.8, 4) is 0 Å². The average molecular weight is 246 g/mol. The molecule has 19 heavy (non-hydrogen) atoms. The fourth-order valence-corrected chi connectivity index (χ4v) is 2.40. The standard InChI is InChI=1S/C18H22.Li.H/c1-3-15(2)14-18(16-10-6-4-7-11-16)17-12-8-5-9-13-17;;/h4-13,15,18H,3,14H2,1-2H3;;/q;+1;-1. The van der Waals surface area contributed by atoms with Crippen LogP contribution < -0.4 is 18.9 Å². The summed E-state index contributed by atoms with van der Waals surface area (Å²) in [7, 11) is 0. The average Bonchev–Trinajstić information content (AvgIpc) is 2.46. The van der Waals surface area contributed by atoms with Crippen LogP contribution in [-0.4, -0.2) is 0 Å². The third-order valence-corrected chi connectivity index (χ3v) is 3.74. The van der Waals surface area contributed by atoms with Crippen molar-refractivity contribution in [3.63, 3.8) is 0 Å². The third-order valence-electron chi connectivity index (χ3n) is 3.74. The van der Waals surface area contributed by atoms with Gasteiger partial charge in [0.1, 0.15) is 0 Å². The third kappa shape index (κ3) is 4.57. The SMILES string of the molecule is CCC(C)CC(c1ccccc1)c1ccccc1.[H-].[Li+]. The number of rotatable bonds is 5. The first kappa shape index (κ1) is 16.1. The van der Waals surface area contributed by atoms with Gasteiger partial charge in [0.25, 0.3) is 0 Å². The minimum absolute atomic E-state index is 0. The van der Waals surface area contributed by atoms with E-state index in [1.807, 2.05) is 0 Å². The summed E-state index contributed by atoms with van der Waals surface area (Å²) in [4.78, 5) is 0. The molecule has 0 heterocycles. The molecule has 2 aromatic carbocycles. The van der Waals surface area contributed by atoms with Crippen LogP contribution >= 0.6 is 0 Å². The Bertz CT molecular complexity index is 416. The second kappa shape index (κ2) is 8.26. The second-order valence-corrected chi connectivity index (χ2v) is 5.12. The van der Waals surface area contributed by atoms with Gasteiger partial charge >= 0.3 is 18.9 Å². The summed E-state index contributed by atoms with van der Waals surface area (Å²) in [6, 6.07) is 21.7. The van der Waals surface area contributed by atoms with E-state index in [0.29, 0.717) is 5.92 Å². The number of benzene rings is 2. The monoisotopic (exact) mass is 246 g/mol. The largest absolute Gasteiger partial charge is 1.00 e. The van der Waals surface area contributed by atoms with Crippen molar-refractivity contribution < 1.29 is 20.3 Å². The maximum absolute atomic E-state index is 2.35. The Hall–Kier alpha value is -0.963. The first-order chi connectivity index (χ1) is 8.81. The predicted molar refractivity (Wildman–Crippen MR) is 79.9 cm³/mol. The van der Waals surface area contributed by atoms with Gasteiger partial charge in [-0.1, -0.05) is 80.9 Å². The van der Waals surface area contributed by atoms with Crippen LogP contribution in [0.15, 0.2) is 60.7 Å². The molecule has 2 aromatic rings. The molecule has 0 aliphatic rings. The van der Waals surface area contributed by atoms with Crippen LogP contribution in [0.25, 0.3) is 0 Å². The first-order valence-corrected chi connectivity index (χ1v) is 6.91. The molecular weight excluding hydrogens is 223 g/mol. The van der Waals surface area contributed by atoms with Gasteiger partial charge in [-0.3, -0.25) is 0 Å². The van der Waals surface area contributed by atoms with Crippen LogP contribution in [0.4, 0.5) is 0 Å². The molecule has 96 valence electrons. The Morgan fingerprint density at radius 2 is 1.26 bits per heavy atom. The molecule has 0 radical (unpaired) electrons. The van der Waals surface area contributed by atoms with Crippen molar-refractivity contribution in [3.05, 3.63) is 71.8 Å². The summed E-state index contributed by atoms with van der Waals surface area (Å²) in [5.74, 6) is 1.29. The zero-order valence-electron chi connectivity index (χ0n) is 13.3. The topological polar surface area (TPSA) is 0 Å². The summed E-state index contributed by atoms with van der Waals surface area (Å²) in [5.41, 5.74) is 2.87. The molecule has 0 saturated carbocycles. The summed E-state index contributed by atoms with van der Waals surface area (Å²) in [6.45, 7) is 4.62. The van der Waals surface area contributed by atoms with Crippen molar-refractivity contribution in [2.24, 2.45) is 5.92 Å². The van der Waals surface area contributed by atoms with E-state index in [-0.39, 0.29) is 20.3 Å². The normalized spacial score (nSPS) is 11.9. The number of hydrogen-bond donors (Lipinski definition) is 0. The zero-order chi connectivity index (χ0) is 12.8. The van der Waals surface area contributed by atoms with Gasteiger partial charge in [-0.2, -0.15) is 0 Å². The molecule has 1 atom stereocenters. The van der Waals surface area contributed by atoms with Gasteiger partial charge < -0.3 is 1.43 Å². The predicted octanol–water partition coefficient (Wildman–Crippen LogP) is 2.37. The van der Waals surface area contributed by atoms with Gasteiger partial charge in [0.15, 0.2) is 0 Å². The minimum Gasteiger partial charge on any atom is -1.00 e. The molecule has 0 aromatic heterocycles. The molecule has 0 aliphatic heterocycles. The van der Waals surface area contributed by atoms with Gasteiger partial charge in [-0.15, -0.1) is 0 Å². The second-order valence-electron chi connectivity index (χ2n) is 5.12. The van der Waals surface area contributed by atoms with Crippen molar-refractivity contribution in [2.75, 3.05) is 0 Å². The van der Waals surface area contributed by atoms with E-state index in [9.17, 15) is 0 Å². The van der Waals surface area contributed by atoms with Crippen molar-refractivity contribution in [1.82, 2.24) is 0 Å². The van der Waals surface area contributed by atoms with E-state index < -0.39 is 0 Å². The fourth-order valence-electron chi connectivity index (χ4n) is 2.40. The zero-order valence-corrected chi connectivity index (χ0v) is 12.3. The fraction of sp³-hybridized carbons (Fsp3) is 0.333. The molecule has 0 bridgehead atoms. The molecule has 0 saturated heterocycles. The maximum Gasteiger partial charge on any atom is 1.00 e. The van der Waals surface area contributed by atoms with Crippen LogP contribution in [0.3, 0.4) is 0 Å².